The fourth-order valence-corrected chi connectivity index (χ4v) is 4.48. The molecule has 9 heteroatoms. The first-order chi connectivity index (χ1) is 9.34. The van der Waals surface area contributed by atoms with Crippen molar-refractivity contribution >= 4 is 31.6 Å². The summed E-state index contributed by atoms with van der Waals surface area (Å²) in [5.74, 6) is 0. The van der Waals surface area contributed by atoms with Crippen LogP contribution < -0.4 is 5.32 Å². The summed E-state index contributed by atoms with van der Waals surface area (Å²) in [5, 5.41) is 14.1. The summed E-state index contributed by atoms with van der Waals surface area (Å²) in [6.45, 7) is 3.13. The Hall–Kier alpha value is -1.03. The highest BCUT2D eigenvalue weighted by Crippen LogP contribution is 2.30. The molecular weight excluding hydrogens is 350 g/mol. The monoisotopic (exact) mass is 363 g/mol. The molecule has 1 unspecified atom stereocenters. The van der Waals surface area contributed by atoms with E-state index in [2.05, 4.69) is 21.2 Å². The largest absolute Gasteiger partial charge is 0.314 e. The van der Waals surface area contributed by atoms with Crippen LogP contribution >= 0.6 is 15.9 Å². The molecule has 0 amide bonds. The van der Waals surface area contributed by atoms with Crippen LogP contribution in [0.25, 0.3) is 0 Å². The summed E-state index contributed by atoms with van der Waals surface area (Å²) in [4.78, 5) is 10.1. The van der Waals surface area contributed by atoms with E-state index in [1.807, 2.05) is 0 Å². The molecule has 0 saturated carbocycles. The first kappa shape index (κ1) is 15.4. The minimum Gasteiger partial charge on any atom is -0.314 e. The van der Waals surface area contributed by atoms with E-state index in [9.17, 15) is 18.5 Å². The normalized spacial score (nSPS) is 20.8. The van der Waals surface area contributed by atoms with Crippen LogP contribution in [0.3, 0.4) is 0 Å². The number of nitrogens with zero attached hydrogens (tertiary/aromatic N) is 2. The van der Waals surface area contributed by atoms with Gasteiger partial charge in [-0.1, -0.05) is 15.9 Å². The molecule has 0 radical (unpaired) electrons. The van der Waals surface area contributed by atoms with Crippen LogP contribution in [0.1, 0.15) is 6.92 Å². The number of rotatable bonds is 3. The Labute approximate surface area is 125 Å². The lowest BCUT2D eigenvalue weighted by molar-refractivity contribution is -0.387. The first-order valence-corrected chi connectivity index (χ1v) is 8.24. The van der Waals surface area contributed by atoms with Crippen molar-refractivity contribution in [1.29, 1.82) is 0 Å². The number of sulfonamides is 1. The Kier molecular flexibility index (Phi) is 4.43. The Morgan fingerprint density at radius 2 is 2.20 bits per heavy atom. The fourth-order valence-electron chi connectivity index (χ4n) is 2.15. The van der Waals surface area contributed by atoms with Crippen molar-refractivity contribution in [2.45, 2.75) is 17.9 Å². The second-order valence-electron chi connectivity index (χ2n) is 4.54. The number of nitrogens with one attached hydrogen (secondary N) is 1. The average molecular weight is 364 g/mol. The van der Waals surface area contributed by atoms with Gasteiger partial charge in [0.2, 0.25) is 10.0 Å². The van der Waals surface area contributed by atoms with E-state index >= 15 is 0 Å². The van der Waals surface area contributed by atoms with Crippen molar-refractivity contribution in [2.24, 2.45) is 0 Å². The SMILES string of the molecule is CC1CNCCN1S(=O)(=O)c1cc(Br)ccc1[N+](=O)[O-]. The molecule has 0 aliphatic carbocycles. The third-order valence-electron chi connectivity index (χ3n) is 3.15. The van der Waals surface area contributed by atoms with Gasteiger partial charge in [0, 0.05) is 36.2 Å². The molecule has 1 aliphatic heterocycles. The van der Waals surface area contributed by atoms with Gasteiger partial charge in [0.05, 0.1) is 4.92 Å². The molecule has 110 valence electrons. The summed E-state index contributed by atoms with van der Waals surface area (Å²) < 4.78 is 27.1. The van der Waals surface area contributed by atoms with Crippen molar-refractivity contribution in [3.63, 3.8) is 0 Å². The first-order valence-electron chi connectivity index (χ1n) is 6.00. The zero-order chi connectivity index (χ0) is 14.9. The highest BCUT2D eigenvalue weighted by atomic mass is 79.9. The number of piperazine rings is 1. The van der Waals surface area contributed by atoms with Crippen molar-refractivity contribution in [1.82, 2.24) is 9.62 Å². The molecule has 0 aromatic heterocycles. The van der Waals surface area contributed by atoms with Crippen LogP contribution in [0, 0.1) is 10.1 Å². The maximum atomic E-state index is 12.6. The van der Waals surface area contributed by atoms with Gasteiger partial charge in [0.25, 0.3) is 5.69 Å². The van der Waals surface area contributed by atoms with Crippen LogP contribution in [0.15, 0.2) is 27.6 Å². The highest BCUT2D eigenvalue weighted by molar-refractivity contribution is 9.10. The van der Waals surface area contributed by atoms with E-state index in [0.717, 1.165) is 0 Å². The molecule has 0 spiro atoms. The van der Waals surface area contributed by atoms with Crippen LogP contribution in [0.4, 0.5) is 5.69 Å². The summed E-state index contributed by atoms with van der Waals surface area (Å²) in [5.41, 5.74) is -0.404. The standard InChI is InChI=1S/C11H14BrN3O4S/c1-8-7-13-4-5-14(8)20(18,19)11-6-9(12)2-3-10(11)15(16)17/h2-3,6,8,13H,4-5,7H2,1H3. The zero-order valence-electron chi connectivity index (χ0n) is 10.7. The van der Waals surface area contributed by atoms with Crippen molar-refractivity contribution < 1.29 is 13.3 Å². The highest BCUT2D eigenvalue weighted by Gasteiger charge is 2.35. The number of hydrogen-bond donors (Lipinski definition) is 1. The second-order valence-corrected chi connectivity index (χ2v) is 7.31. The number of halogens is 1. The molecule has 0 bridgehead atoms. The zero-order valence-corrected chi connectivity index (χ0v) is 13.1. The second kappa shape index (κ2) is 5.76. The molecule has 1 aromatic carbocycles. The Morgan fingerprint density at radius 1 is 1.50 bits per heavy atom. The number of nitro benzene ring substituents is 1. The predicted octanol–water partition coefficient (Wildman–Crippen LogP) is 1.34. The summed E-state index contributed by atoms with van der Waals surface area (Å²) in [7, 11) is -3.89. The maximum Gasteiger partial charge on any atom is 0.289 e. The summed E-state index contributed by atoms with van der Waals surface area (Å²) in [6, 6.07) is 3.69. The maximum absolute atomic E-state index is 12.6. The molecule has 7 nitrogen and oxygen atoms in total. The van der Waals surface area contributed by atoms with Gasteiger partial charge in [0.1, 0.15) is 0 Å². The van der Waals surface area contributed by atoms with E-state index < -0.39 is 20.6 Å². The summed E-state index contributed by atoms with van der Waals surface area (Å²) >= 11 is 3.16. The van der Waals surface area contributed by atoms with E-state index in [1.165, 1.54) is 22.5 Å². The van der Waals surface area contributed by atoms with Crippen LogP contribution in [0.2, 0.25) is 0 Å². The van der Waals surface area contributed by atoms with Gasteiger partial charge in [-0.25, -0.2) is 8.42 Å². The molecule has 20 heavy (non-hydrogen) atoms. The van der Waals surface area contributed by atoms with E-state index in [1.54, 1.807) is 6.92 Å². The molecule has 1 aromatic rings. The Balaban J connectivity index is 2.53. The van der Waals surface area contributed by atoms with Crippen LogP contribution in [-0.4, -0.2) is 43.3 Å². The number of benzene rings is 1. The molecule has 2 rings (SSSR count). The van der Waals surface area contributed by atoms with Gasteiger partial charge in [-0.3, -0.25) is 10.1 Å². The van der Waals surface area contributed by atoms with Gasteiger partial charge in [0.15, 0.2) is 4.90 Å². The van der Waals surface area contributed by atoms with Gasteiger partial charge >= 0.3 is 0 Å². The van der Waals surface area contributed by atoms with Gasteiger partial charge < -0.3 is 5.32 Å². The minimum atomic E-state index is -3.89. The predicted molar refractivity (Wildman–Crippen MR) is 77.0 cm³/mol. The van der Waals surface area contributed by atoms with E-state index in [-0.39, 0.29) is 10.9 Å². The Morgan fingerprint density at radius 3 is 2.80 bits per heavy atom. The van der Waals surface area contributed by atoms with Gasteiger partial charge in [-0.2, -0.15) is 4.31 Å². The number of hydrogen-bond acceptors (Lipinski definition) is 5. The van der Waals surface area contributed by atoms with Crippen molar-refractivity contribution in [2.75, 3.05) is 19.6 Å². The lowest BCUT2D eigenvalue weighted by Gasteiger charge is -2.32. The smallest absolute Gasteiger partial charge is 0.289 e. The third kappa shape index (κ3) is 2.85. The molecule has 1 aliphatic rings. The quantitative estimate of drug-likeness (QED) is 0.646. The average Bonchev–Trinajstić information content (AvgIpc) is 2.38. The van der Waals surface area contributed by atoms with E-state index in [0.29, 0.717) is 24.1 Å². The molecule has 1 fully saturated rings. The topological polar surface area (TPSA) is 92.6 Å². The van der Waals surface area contributed by atoms with Crippen molar-refractivity contribution in [3.8, 4) is 0 Å². The van der Waals surface area contributed by atoms with Gasteiger partial charge in [-0.15, -0.1) is 0 Å². The molecule has 1 saturated heterocycles. The Bertz CT molecular complexity index is 635. The lowest BCUT2D eigenvalue weighted by atomic mass is 10.3. The van der Waals surface area contributed by atoms with Crippen molar-refractivity contribution in [3.05, 3.63) is 32.8 Å². The molecule has 1 heterocycles. The number of nitro groups is 1. The van der Waals surface area contributed by atoms with Crippen LogP contribution in [0.5, 0.6) is 0 Å². The molecular formula is C11H14BrN3O4S. The summed E-state index contributed by atoms with van der Waals surface area (Å²) in [6.07, 6.45) is 0. The fraction of sp³-hybridized carbons (Fsp3) is 0.455. The van der Waals surface area contributed by atoms with Gasteiger partial charge in [-0.05, 0) is 19.1 Å². The minimum absolute atomic E-state index is 0.243. The molecule has 1 N–H and O–H groups in total. The van der Waals surface area contributed by atoms with Crippen LogP contribution in [-0.2, 0) is 10.0 Å². The molecule has 1 atom stereocenters. The third-order valence-corrected chi connectivity index (χ3v) is 5.68. The lowest BCUT2D eigenvalue weighted by Crippen LogP contribution is -2.52. The van der Waals surface area contributed by atoms with E-state index in [4.69, 9.17) is 0 Å².